The van der Waals surface area contributed by atoms with Crippen LogP contribution >= 0.6 is 10.6 Å². The van der Waals surface area contributed by atoms with Crippen LogP contribution in [-0.4, -0.2) is 49.5 Å². The minimum Gasteiger partial charge on any atom is -0.390 e. The van der Waals surface area contributed by atoms with Crippen molar-refractivity contribution in [3.63, 3.8) is 0 Å². The highest BCUT2D eigenvalue weighted by atomic mass is 32.3. The molecule has 0 saturated heterocycles. The van der Waals surface area contributed by atoms with Gasteiger partial charge in [0.15, 0.2) is 0 Å². The molecule has 0 spiro atoms. The summed E-state index contributed by atoms with van der Waals surface area (Å²) in [6, 6.07) is 15.4. The Hall–Kier alpha value is -3.28. The Kier molecular flexibility index (Phi) is 8.77. The fourth-order valence-electron chi connectivity index (χ4n) is 5.53. The van der Waals surface area contributed by atoms with Crippen molar-refractivity contribution in [2.75, 3.05) is 12.3 Å². The summed E-state index contributed by atoms with van der Waals surface area (Å²) in [7, 11) is -2.86. The molecular weight excluding hydrogens is 548 g/mol. The third-order valence-corrected chi connectivity index (χ3v) is 9.24. The van der Waals surface area contributed by atoms with Crippen LogP contribution in [0.15, 0.2) is 66.9 Å². The van der Waals surface area contributed by atoms with E-state index in [1.807, 2.05) is 49.4 Å². The number of halogens is 2. The van der Waals surface area contributed by atoms with Gasteiger partial charge in [-0.2, -0.15) is 10.6 Å². The fourth-order valence-corrected chi connectivity index (χ4v) is 7.24. The van der Waals surface area contributed by atoms with Crippen molar-refractivity contribution >= 4 is 27.4 Å². The molecule has 6 N–H and O–H groups in total. The lowest BCUT2D eigenvalue weighted by Gasteiger charge is -2.42. The van der Waals surface area contributed by atoms with Gasteiger partial charge in [-0.05, 0) is 58.9 Å². The lowest BCUT2D eigenvalue weighted by Crippen LogP contribution is -2.50. The van der Waals surface area contributed by atoms with E-state index in [1.165, 1.54) is 12.1 Å². The number of para-hydroxylation sites is 1. The Morgan fingerprint density at radius 1 is 1.07 bits per heavy atom. The molecule has 218 valence electrons. The van der Waals surface area contributed by atoms with Gasteiger partial charge in [-0.1, -0.05) is 43.3 Å². The van der Waals surface area contributed by atoms with Crippen molar-refractivity contribution in [1.29, 1.82) is 0 Å². The molecule has 2 heterocycles. The first-order valence-corrected chi connectivity index (χ1v) is 15.5. The maximum Gasteiger partial charge on any atom is 0.224 e. The molecule has 0 aliphatic carbocycles. The quantitative estimate of drug-likeness (QED) is 0.153. The Morgan fingerprint density at radius 3 is 2.59 bits per heavy atom. The molecule has 0 bridgehead atoms. The molecule has 10 heteroatoms. The second-order valence-corrected chi connectivity index (χ2v) is 12.9. The van der Waals surface area contributed by atoms with Crippen LogP contribution in [-0.2, 0) is 29.8 Å². The van der Waals surface area contributed by atoms with Gasteiger partial charge in [0.25, 0.3) is 0 Å². The predicted molar refractivity (Wildman–Crippen MR) is 158 cm³/mol. The summed E-state index contributed by atoms with van der Waals surface area (Å²) >= 11 is 0. The number of benzene rings is 3. The summed E-state index contributed by atoms with van der Waals surface area (Å²) in [4.78, 5) is 16.3. The molecule has 0 radical (unpaired) electrons. The van der Waals surface area contributed by atoms with Gasteiger partial charge >= 0.3 is 0 Å². The van der Waals surface area contributed by atoms with E-state index in [-0.39, 0.29) is 36.8 Å². The van der Waals surface area contributed by atoms with E-state index < -0.39 is 40.4 Å². The number of H-pyrrole nitrogens is 1. The number of aromatic amines is 1. The summed E-state index contributed by atoms with van der Waals surface area (Å²) in [6.45, 7) is 2.05. The van der Waals surface area contributed by atoms with Gasteiger partial charge in [0.1, 0.15) is 11.6 Å². The summed E-state index contributed by atoms with van der Waals surface area (Å²) < 4.78 is 49.0. The highest BCUT2D eigenvalue weighted by molar-refractivity contribution is 8.23. The summed E-state index contributed by atoms with van der Waals surface area (Å²) in [5, 5.41) is 18.3. The first-order chi connectivity index (χ1) is 19.6. The van der Waals surface area contributed by atoms with Crippen LogP contribution < -0.4 is 10.6 Å². The van der Waals surface area contributed by atoms with Crippen molar-refractivity contribution in [2.24, 2.45) is 0 Å². The Balaban J connectivity index is 1.34. The lowest BCUT2D eigenvalue weighted by molar-refractivity contribution is -0.122. The predicted octanol–water partition coefficient (Wildman–Crippen LogP) is 5.23. The smallest absolute Gasteiger partial charge is 0.224 e. The molecule has 1 aliphatic rings. The maximum absolute atomic E-state index is 14.0. The number of carbonyl (C=O) groups excluding carboxylic acids is 1. The Morgan fingerprint density at radius 2 is 1.83 bits per heavy atom. The molecule has 41 heavy (non-hydrogen) atoms. The van der Waals surface area contributed by atoms with Gasteiger partial charge in [-0.15, -0.1) is 0 Å². The summed E-state index contributed by atoms with van der Waals surface area (Å²) in [5.74, 6) is -1.54. The van der Waals surface area contributed by atoms with E-state index in [4.69, 9.17) is 0 Å². The van der Waals surface area contributed by atoms with Crippen molar-refractivity contribution in [3.05, 3.63) is 106 Å². The molecule has 0 saturated carbocycles. The van der Waals surface area contributed by atoms with Crippen LogP contribution in [0.1, 0.15) is 40.8 Å². The first-order valence-electron chi connectivity index (χ1n) is 13.7. The molecule has 3 aromatic carbocycles. The van der Waals surface area contributed by atoms with Crippen LogP contribution in [0.3, 0.4) is 0 Å². The van der Waals surface area contributed by atoms with Crippen LogP contribution in [0.2, 0.25) is 0 Å². The van der Waals surface area contributed by atoms with E-state index in [2.05, 4.69) is 15.6 Å². The topological polar surface area (TPSA) is 118 Å². The molecule has 0 fully saturated rings. The standard InChI is InChI=1S/C31H35F2N3O4S/c1-2-19-7-8-21-17-41(39,40)18-29(26(21)11-19)35-16-30(37)28(12-20-9-23(32)14-24(33)10-20)36-31(38)13-22-15-34-27-6-4-3-5-25(22)27/h3-11,14-15,28-30,34-35,37,39-40H,2,12-13,16-18H2,1H3,(H,36,38)/t28-,29-,30+/m0/s1. The van der Waals surface area contributed by atoms with Gasteiger partial charge in [-0.3, -0.25) is 13.9 Å². The first kappa shape index (κ1) is 29.2. The molecule has 3 atom stereocenters. The number of hydrogen-bond acceptors (Lipinski definition) is 5. The number of hydrogen-bond donors (Lipinski definition) is 6. The second-order valence-electron chi connectivity index (χ2n) is 10.7. The summed E-state index contributed by atoms with van der Waals surface area (Å²) in [6.07, 6.45) is 1.49. The van der Waals surface area contributed by atoms with E-state index in [0.29, 0.717) is 5.56 Å². The van der Waals surface area contributed by atoms with Crippen LogP contribution in [0, 0.1) is 11.6 Å². The molecule has 1 aromatic heterocycles. The number of carbonyl (C=O) groups is 1. The van der Waals surface area contributed by atoms with Gasteiger partial charge < -0.3 is 20.7 Å². The largest absolute Gasteiger partial charge is 0.390 e. The van der Waals surface area contributed by atoms with E-state index in [9.17, 15) is 27.8 Å². The van der Waals surface area contributed by atoms with Crippen LogP contribution in [0.25, 0.3) is 10.9 Å². The highest BCUT2D eigenvalue weighted by Gasteiger charge is 2.31. The SMILES string of the molecule is CCc1ccc2c(c1)[C@@H](NC[C@@H](O)[C@H](Cc1cc(F)cc(F)c1)NC(=O)Cc1c[nH]c3ccccc13)CS(O)(O)C2. The minimum atomic E-state index is -2.86. The molecule has 7 nitrogen and oxygen atoms in total. The third-order valence-electron chi connectivity index (χ3n) is 7.60. The van der Waals surface area contributed by atoms with E-state index in [0.717, 1.165) is 45.6 Å². The van der Waals surface area contributed by atoms with E-state index in [1.54, 1.807) is 6.20 Å². The van der Waals surface area contributed by atoms with Gasteiger partial charge in [0, 0.05) is 29.7 Å². The zero-order valence-electron chi connectivity index (χ0n) is 22.7. The van der Waals surface area contributed by atoms with Crippen molar-refractivity contribution in [1.82, 2.24) is 15.6 Å². The number of aliphatic hydroxyl groups excluding tert-OH is 1. The normalized spacial score (nSPS) is 18.4. The Labute approximate surface area is 239 Å². The number of aromatic nitrogens is 1. The Bertz CT molecular complexity index is 1520. The number of aryl methyl sites for hydroxylation is 1. The molecule has 1 amide bonds. The average Bonchev–Trinajstić information content (AvgIpc) is 3.32. The van der Waals surface area contributed by atoms with Gasteiger partial charge in [0.05, 0.1) is 36.1 Å². The van der Waals surface area contributed by atoms with Gasteiger partial charge in [-0.25, -0.2) is 8.78 Å². The average molecular weight is 584 g/mol. The van der Waals surface area contributed by atoms with Gasteiger partial charge in [0.2, 0.25) is 5.91 Å². The lowest BCUT2D eigenvalue weighted by atomic mass is 9.97. The molecule has 4 aromatic rings. The number of fused-ring (bicyclic) bond motifs is 2. The number of aliphatic hydroxyl groups is 1. The zero-order chi connectivity index (χ0) is 29.1. The van der Waals surface area contributed by atoms with Crippen LogP contribution in [0.4, 0.5) is 8.78 Å². The summed E-state index contributed by atoms with van der Waals surface area (Å²) in [5.41, 5.74) is 4.90. The van der Waals surface area contributed by atoms with Crippen LogP contribution in [0.5, 0.6) is 0 Å². The van der Waals surface area contributed by atoms with Crippen molar-refractivity contribution < 1.29 is 27.8 Å². The maximum atomic E-state index is 14.0. The minimum absolute atomic E-state index is 0.00576. The molecule has 5 rings (SSSR count). The van der Waals surface area contributed by atoms with Crippen molar-refractivity contribution in [2.45, 2.75) is 50.1 Å². The molecule has 1 aliphatic heterocycles. The number of rotatable bonds is 10. The van der Waals surface area contributed by atoms with Crippen molar-refractivity contribution in [3.8, 4) is 0 Å². The monoisotopic (exact) mass is 583 g/mol. The fraction of sp³-hybridized carbons (Fsp3) is 0.323. The second kappa shape index (κ2) is 12.3. The molecule has 0 unspecified atom stereocenters. The van der Waals surface area contributed by atoms with E-state index >= 15 is 0 Å². The number of amides is 1. The highest BCUT2D eigenvalue weighted by Crippen LogP contribution is 2.50. The molecular formula is C31H35F2N3O4S. The third kappa shape index (κ3) is 7.14. The number of nitrogens with one attached hydrogen (secondary N) is 3. The zero-order valence-corrected chi connectivity index (χ0v) is 23.6.